The van der Waals surface area contributed by atoms with Crippen molar-refractivity contribution in [2.24, 2.45) is 0 Å². The first kappa shape index (κ1) is 19.2. The number of benzene rings is 1. The summed E-state index contributed by atoms with van der Waals surface area (Å²) in [4.78, 5) is 16.9. The molecular formula is C20H28F2N2O2. The van der Waals surface area contributed by atoms with E-state index in [-0.39, 0.29) is 12.0 Å². The molecule has 0 radical (unpaired) electrons. The number of hydrogen-bond donors (Lipinski definition) is 0. The molecule has 0 spiro atoms. The Morgan fingerprint density at radius 1 is 1.08 bits per heavy atom. The van der Waals surface area contributed by atoms with E-state index in [4.69, 9.17) is 4.74 Å². The average Bonchev–Trinajstić information content (AvgIpc) is 2.89. The second-order valence-electron chi connectivity index (χ2n) is 7.30. The van der Waals surface area contributed by atoms with Gasteiger partial charge in [0.2, 0.25) is 5.91 Å². The maximum absolute atomic E-state index is 13.3. The standard InChI is InChI=1S/C20H28F2N2O2/c21-18-7-5-16(13-19(18)22)6-8-20(25)24-11-4-12-26-17(15-24)14-23-9-2-1-3-10-23/h5,7,13,17H,1-4,6,8-12,14-15H2. The Kier molecular flexibility index (Phi) is 6.97. The first-order valence-corrected chi connectivity index (χ1v) is 9.67. The van der Waals surface area contributed by atoms with Gasteiger partial charge in [0.1, 0.15) is 0 Å². The van der Waals surface area contributed by atoms with Crippen LogP contribution in [0.2, 0.25) is 0 Å². The zero-order valence-electron chi connectivity index (χ0n) is 15.3. The second-order valence-corrected chi connectivity index (χ2v) is 7.30. The van der Waals surface area contributed by atoms with Gasteiger partial charge < -0.3 is 14.5 Å². The highest BCUT2D eigenvalue weighted by atomic mass is 19.2. The molecular weight excluding hydrogens is 338 g/mol. The van der Waals surface area contributed by atoms with Gasteiger partial charge in [-0.05, 0) is 56.5 Å². The molecule has 2 aliphatic rings. The first-order valence-electron chi connectivity index (χ1n) is 9.67. The molecule has 1 aromatic rings. The molecule has 4 nitrogen and oxygen atoms in total. The van der Waals surface area contributed by atoms with Gasteiger partial charge in [-0.25, -0.2) is 8.78 Å². The largest absolute Gasteiger partial charge is 0.375 e. The van der Waals surface area contributed by atoms with E-state index in [9.17, 15) is 13.6 Å². The lowest BCUT2D eigenvalue weighted by Gasteiger charge is -2.31. The summed E-state index contributed by atoms with van der Waals surface area (Å²) in [6, 6.07) is 3.83. The minimum absolute atomic E-state index is 0.0582. The average molecular weight is 366 g/mol. The van der Waals surface area contributed by atoms with Gasteiger partial charge in [0.15, 0.2) is 11.6 Å². The van der Waals surface area contributed by atoms with E-state index in [0.717, 1.165) is 32.1 Å². The van der Waals surface area contributed by atoms with Gasteiger partial charge in [-0.15, -0.1) is 0 Å². The molecule has 1 unspecified atom stereocenters. The molecule has 2 fully saturated rings. The summed E-state index contributed by atoms with van der Waals surface area (Å²) in [6.45, 7) is 5.12. The van der Waals surface area contributed by atoms with Crippen molar-refractivity contribution >= 4 is 5.91 Å². The van der Waals surface area contributed by atoms with Crippen LogP contribution < -0.4 is 0 Å². The van der Waals surface area contributed by atoms with Crippen molar-refractivity contribution in [1.82, 2.24) is 9.80 Å². The number of likely N-dealkylation sites (tertiary alicyclic amines) is 1. The lowest BCUT2D eigenvalue weighted by atomic mass is 10.1. The number of carbonyl (C=O) groups excluding carboxylic acids is 1. The molecule has 26 heavy (non-hydrogen) atoms. The minimum atomic E-state index is -0.861. The van der Waals surface area contributed by atoms with Crippen LogP contribution in [0.5, 0.6) is 0 Å². The molecule has 0 bridgehead atoms. The Labute approximate surface area is 154 Å². The normalized spacial score (nSPS) is 22.2. The van der Waals surface area contributed by atoms with E-state index in [1.807, 2.05) is 4.90 Å². The van der Waals surface area contributed by atoms with E-state index < -0.39 is 11.6 Å². The van der Waals surface area contributed by atoms with E-state index in [2.05, 4.69) is 4.90 Å². The van der Waals surface area contributed by atoms with Crippen LogP contribution in [0.1, 0.15) is 37.7 Å². The van der Waals surface area contributed by atoms with Crippen molar-refractivity contribution in [3.8, 4) is 0 Å². The van der Waals surface area contributed by atoms with Crippen LogP contribution >= 0.6 is 0 Å². The van der Waals surface area contributed by atoms with Crippen LogP contribution in [0, 0.1) is 11.6 Å². The number of nitrogens with zero attached hydrogens (tertiary/aromatic N) is 2. The molecule has 6 heteroatoms. The smallest absolute Gasteiger partial charge is 0.222 e. The third-order valence-electron chi connectivity index (χ3n) is 5.22. The Hall–Kier alpha value is -1.53. The highest BCUT2D eigenvalue weighted by Gasteiger charge is 2.24. The quantitative estimate of drug-likeness (QED) is 0.803. The second kappa shape index (κ2) is 9.42. The van der Waals surface area contributed by atoms with Gasteiger partial charge in [-0.2, -0.15) is 0 Å². The summed E-state index contributed by atoms with van der Waals surface area (Å²) in [5.41, 5.74) is 0.646. The monoisotopic (exact) mass is 366 g/mol. The predicted molar refractivity (Wildman–Crippen MR) is 95.9 cm³/mol. The zero-order valence-corrected chi connectivity index (χ0v) is 15.3. The molecule has 1 amide bonds. The topological polar surface area (TPSA) is 32.8 Å². The van der Waals surface area contributed by atoms with Crippen molar-refractivity contribution in [3.05, 3.63) is 35.4 Å². The van der Waals surface area contributed by atoms with Crippen LogP contribution in [-0.2, 0) is 16.0 Å². The summed E-state index contributed by atoms with van der Waals surface area (Å²) < 4.78 is 32.2. The van der Waals surface area contributed by atoms with E-state index >= 15 is 0 Å². The van der Waals surface area contributed by atoms with E-state index in [0.29, 0.717) is 38.1 Å². The van der Waals surface area contributed by atoms with Crippen LogP contribution in [-0.4, -0.2) is 61.1 Å². The number of halogens is 2. The molecule has 1 aromatic carbocycles. The fourth-order valence-corrected chi connectivity index (χ4v) is 3.77. The molecule has 144 valence electrons. The predicted octanol–water partition coefficient (Wildman–Crippen LogP) is 3.00. The summed E-state index contributed by atoms with van der Waals surface area (Å²) in [6.07, 6.45) is 5.41. The van der Waals surface area contributed by atoms with Gasteiger partial charge in [0, 0.05) is 32.7 Å². The van der Waals surface area contributed by atoms with Crippen LogP contribution in [0.25, 0.3) is 0 Å². The summed E-state index contributed by atoms with van der Waals surface area (Å²) in [7, 11) is 0. The maximum Gasteiger partial charge on any atom is 0.222 e. The SMILES string of the molecule is O=C(CCc1ccc(F)c(F)c1)N1CCCOC(CN2CCCCC2)C1. The summed E-state index contributed by atoms with van der Waals surface area (Å²) >= 11 is 0. The van der Waals surface area contributed by atoms with E-state index in [1.165, 1.54) is 31.4 Å². The van der Waals surface area contributed by atoms with E-state index in [1.54, 1.807) is 0 Å². The van der Waals surface area contributed by atoms with Crippen LogP contribution in [0.4, 0.5) is 8.78 Å². The third-order valence-corrected chi connectivity index (χ3v) is 5.22. The number of hydrogen-bond acceptors (Lipinski definition) is 3. The zero-order chi connectivity index (χ0) is 18.4. The molecule has 2 heterocycles. The summed E-state index contributed by atoms with van der Waals surface area (Å²) in [5, 5.41) is 0. The van der Waals surface area contributed by atoms with Gasteiger partial charge in [-0.1, -0.05) is 12.5 Å². The van der Waals surface area contributed by atoms with Crippen molar-refractivity contribution in [2.45, 2.75) is 44.6 Å². The number of ether oxygens (including phenoxy) is 1. The van der Waals surface area contributed by atoms with Crippen LogP contribution in [0.15, 0.2) is 18.2 Å². The number of piperidine rings is 1. The molecule has 0 saturated carbocycles. The molecule has 0 N–H and O–H groups in total. The molecule has 0 aromatic heterocycles. The van der Waals surface area contributed by atoms with Gasteiger partial charge >= 0.3 is 0 Å². The number of rotatable bonds is 5. The number of aryl methyl sites for hydroxylation is 1. The van der Waals surface area contributed by atoms with Crippen molar-refractivity contribution in [3.63, 3.8) is 0 Å². The Morgan fingerprint density at radius 2 is 1.88 bits per heavy atom. The fourth-order valence-electron chi connectivity index (χ4n) is 3.77. The lowest BCUT2D eigenvalue weighted by Crippen LogP contribution is -2.43. The third kappa shape index (κ3) is 5.48. The molecule has 0 aliphatic carbocycles. The van der Waals surface area contributed by atoms with Crippen LogP contribution in [0.3, 0.4) is 0 Å². The van der Waals surface area contributed by atoms with Crippen molar-refractivity contribution in [1.29, 1.82) is 0 Å². The Morgan fingerprint density at radius 3 is 2.65 bits per heavy atom. The Balaban J connectivity index is 1.50. The number of carbonyl (C=O) groups is 1. The Bertz CT molecular complexity index is 605. The van der Waals surface area contributed by atoms with Gasteiger partial charge in [-0.3, -0.25) is 4.79 Å². The highest BCUT2D eigenvalue weighted by Crippen LogP contribution is 2.15. The van der Waals surface area contributed by atoms with Crippen molar-refractivity contribution in [2.75, 3.05) is 39.3 Å². The molecule has 2 aliphatic heterocycles. The van der Waals surface area contributed by atoms with Gasteiger partial charge in [0.05, 0.1) is 6.10 Å². The lowest BCUT2D eigenvalue weighted by molar-refractivity contribution is -0.132. The van der Waals surface area contributed by atoms with Gasteiger partial charge in [0.25, 0.3) is 0 Å². The van der Waals surface area contributed by atoms with Crippen molar-refractivity contribution < 1.29 is 18.3 Å². The molecule has 3 rings (SSSR count). The summed E-state index contributed by atoms with van der Waals surface area (Å²) in [5.74, 6) is -1.66. The molecule has 2 saturated heterocycles. The minimum Gasteiger partial charge on any atom is -0.375 e. The number of amides is 1. The highest BCUT2D eigenvalue weighted by molar-refractivity contribution is 5.76. The molecule has 1 atom stereocenters. The fraction of sp³-hybridized carbons (Fsp3) is 0.650. The maximum atomic E-state index is 13.3. The first-order chi connectivity index (χ1) is 12.6.